The largest absolute Gasteiger partial charge is 0.481 e. The van der Waals surface area contributed by atoms with Crippen LogP contribution in [-0.4, -0.2) is 56.3 Å². The van der Waals surface area contributed by atoms with Crippen molar-refractivity contribution in [1.82, 2.24) is 4.90 Å². The van der Waals surface area contributed by atoms with Gasteiger partial charge in [0.15, 0.2) is 6.10 Å². The number of rotatable bonds is 4. The second-order valence-electron chi connectivity index (χ2n) is 5.09. The Labute approximate surface area is 129 Å². The Hall–Kier alpha value is -2.28. The van der Waals surface area contributed by atoms with Gasteiger partial charge in [-0.1, -0.05) is 0 Å². The molecule has 7 nitrogen and oxygen atoms in total. The van der Waals surface area contributed by atoms with Crippen LogP contribution >= 0.6 is 0 Å². The van der Waals surface area contributed by atoms with Crippen LogP contribution in [0.5, 0.6) is 5.75 Å². The maximum atomic E-state index is 12.2. The van der Waals surface area contributed by atoms with Gasteiger partial charge in [0, 0.05) is 25.8 Å². The number of urea groups is 1. The molecule has 1 fully saturated rings. The highest BCUT2D eigenvalue weighted by atomic mass is 16.5. The Morgan fingerprint density at radius 2 is 1.86 bits per heavy atom. The number of morpholine rings is 1. The summed E-state index contributed by atoms with van der Waals surface area (Å²) in [5, 5.41) is 0. The Bertz CT molecular complexity index is 526. The number of anilines is 1. The van der Waals surface area contributed by atoms with E-state index in [0.29, 0.717) is 37.7 Å². The molecule has 0 aromatic heterocycles. The number of hydrogen-bond donors (Lipinski definition) is 1. The Kier molecular flexibility index (Phi) is 5.21. The molecule has 1 saturated heterocycles. The van der Waals surface area contributed by atoms with Crippen LogP contribution in [0.3, 0.4) is 0 Å². The second-order valence-corrected chi connectivity index (χ2v) is 5.09. The Morgan fingerprint density at radius 3 is 2.41 bits per heavy atom. The summed E-state index contributed by atoms with van der Waals surface area (Å²) in [6, 6.07) is 6.30. The van der Waals surface area contributed by atoms with Gasteiger partial charge in [0.1, 0.15) is 5.75 Å². The molecule has 120 valence electrons. The molecule has 2 N–H and O–H groups in total. The number of amides is 3. The molecule has 1 aliphatic heterocycles. The average molecular weight is 307 g/mol. The maximum absolute atomic E-state index is 12.2. The van der Waals surface area contributed by atoms with E-state index in [1.807, 2.05) is 0 Å². The molecule has 3 amide bonds. The van der Waals surface area contributed by atoms with E-state index in [4.69, 9.17) is 15.2 Å². The summed E-state index contributed by atoms with van der Waals surface area (Å²) in [5.74, 6) is 0.511. The van der Waals surface area contributed by atoms with Crippen molar-refractivity contribution < 1.29 is 19.1 Å². The van der Waals surface area contributed by atoms with Gasteiger partial charge in [0.2, 0.25) is 0 Å². The van der Waals surface area contributed by atoms with Gasteiger partial charge in [0.05, 0.1) is 13.2 Å². The van der Waals surface area contributed by atoms with Gasteiger partial charge < -0.3 is 20.1 Å². The van der Waals surface area contributed by atoms with E-state index >= 15 is 0 Å². The first-order valence-electron chi connectivity index (χ1n) is 7.15. The van der Waals surface area contributed by atoms with E-state index in [0.717, 1.165) is 0 Å². The summed E-state index contributed by atoms with van der Waals surface area (Å²) < 4.78 is 10.9. The van der Waals surface area contributed by atoms with E-state index in [1.54, 1.807) is 43.1 Å². The normalized spacial score (nSPS) is 16.0. The van der Waals surface area contributed by atoms with E-state index in [9.17, 15) is 9.59 Å². The Balaban J connectivity index is 1.95. The molecule has 2 rings (SSSR count). The topological polar surface area (TPSA) is 85.1 Å². The zero-order chi connectivity index (χ0) is 16.1. The molecule has 1 atom stereocenters. The van der Waals surface area contributed by atoms with Crippen molar-refractivity contribution in [3.63, 3.8) is 0 Å². The minimum Gasteiger partial charge on any atom is -0.481 e. The minimum atomic E-state index is -0.571. The van der Waals surface area contributed by atoms with Crippen LogP contribution in [0.4, 0.5) is 10.5 Å². The van der Waals surface area contributed by atoms with Crippen LogP contribution in [0, 0.1) is 0 Å². The molecule has 22 heavy (non-hydrogen) atoms. The summed E-state index contributed by atoms with van der Waals surface area (Å²) in [4.78, 5) is 26.4. The van der Waals surface area contributed by atoms with Gasteiger partial charge in [-0.25, -0.2) is 4.79 Å². The SMILES string of the molecule is C[C@H](Oc1ccc(N(C)C(N)=O)cc1)C(=O)N1CCOCC1. The third-order valence-electron chi connectivity index (χ3n) is 3.54. The summed E-state index contributed by atoms with van der Waals surface area (Å²) in [6.07, 6.45) is -0.571. The monoisotopic (exact) mass is 307 g/mol. The lowest BCUT2D eigenvalue weighted by Crippen LogP contribution is -2.46. The van der Waals surface area contributed by atoms with Crippen molar-refractivity contribution in [1.29, 1.82) is 0 Å². The molecule has 0 radical (unpaired) electrons. The number of nitrogens with two attached hydrogens (primary N) is 1. The third-order valence-corrected chi connectivity index (χ3v) is 3.54. The van der Waals surface area contributed by atoms with Crippen LogP contribution in [0.1, 0.15) is 6.92 Å². The Morgan fingerprint density at radius 1 is 1.27 bits per heavy atom. The molecule has 1 aliphatic rings. The molecule has 1 aromatic rings. The number of hydrogen-bond acceptors (Lipinski definition) is 4. The molecule has 0 bridgehead atoms. The highest BCUT2D eigenvalue weighted by Gasteiger charge is 2.23. The second kappa shape index (κ2) is 7.13. The quantitative estimate of drug-likeness (QED) is 0.892. The zero-order valence-corrected chi connectivity index (χ0v) is 12.8. The lowest BCUT2D eigenvalue weighted by Gasteiger charge is -2.29. The zero-order valence-electron chi connectivity index (χ0n) is 12.8. The van der Waals surface area contributed by atoms with Gasteiger partial charge in [-0.2, -0.15) is 0 Å². The fourth-order valence-electron chi connectivity index (χ4n) is 2.17. The van der Waals surface area contributed by atoms with Crippen molar-refractivity contribution in [2.24, 2.45) is 5.73 Å². The summed E-state index contributed by atoms with van der Waals surface area (Å²) in [7, 11) is 1.59. The fourth-order valence-corrected chi connectivity index (χ4v) is 2.17. The molecule has 1 aromatic carbocycles. The first kappa shape index (κ1) is 16.1. The molecular formula is C15H21N3O4. The first-order valence-corrected chi connectivity index (χ1v) is 7.15. The summed E-state index contributed by atoms with van der Waals surface area (Å²) in [6.45, 7) is 4.03. The van der Waals surface area contributed by atoms with Crippen molar-refractivity contribution >= 4 is 17.6 Å². The van der Waals surface area contributed by atoms with E-state index in [2.05, 4.69) is 0 Å². The van der Waals surface area contributed by atoms with Gasteiger partial charge in [-0.15, -0.1) is 0 Å². The maximum Gasteiger partial charge on any atom is 0.318 e. The number of carbonyl (C=O) groups excluding carboxylic acids is 2. The minimum absolute atomic E-state index is 0.0540. The van der Waals surface area contributed by atoms with Crippen LogP contribution in [0.2, 0.25) is 0 Å². The molecule has 7 heteroatoms. The molecule has 0 spiro atoms. The van der Waals surface area contributed by atoms with Crippen molar-refractivity contribution in [3.05, 3.63) is 24.3 Å². The van der Waals surface area contributed by atoms with Gasteiger partial charge in [-0.05, 0) is 31.2 Å². The number of benzene rings is 1. The predicted octanol–water partition coefficient (Wildman–Crippen LogP) is 0.828. The summed E-state index contributed by atoms with van der Waals surface area (Å²) in [5.41, 5.74) is 5.86. The van der Waals surface area contributed by atoms with E-state index < -0.39 is 12.1 Å². The number of ether oxygens (including phenoxy) is 2. The molecule has 0 unspecified atom stereocenters. The van der Waals surface area contributed by atoms with E-state index in [-0.39, 0.29) is 5.91 Å². The molecule has 1 heterocycles. The number of carbonyl (C=O) groups is 2. The van der Waals surface area contributed by atoms with Gasteiger partial charge >= 0.3 is 6.03 Å². The molecule has 0 aliphatic carbocycles. The van der Waals surface area contributed by atoms with Gasteiger partial charge in [0.25, 0.3) is 5.91 Å². The van der Waals surface area contributed by atoms with Crippen LogP contribution in [0.25, 0.3) is 0 Å². The highest BCUT2D eigenvalue weighted by Crippen LogP contribution is 2.19. The third kappa shape index (κ3) is 3.88. The smallest absolute Gasteiger partial charge is 0.318 e. The van der Waals surface area contributed by atoms with Gasteiger partial charge in [-0.3, -0.25) is 9.69 Å². The lowest BCUT2D eigenvalue weighted by atomic mass is 10.2. The first-order chi connectivity index (χ1) is 10.5. The van der Waals surface area contributed by atoms with Crippen LogP contribution in [-0.2, 0) is 9.53 Å². The molecular weight excluding hydrogens is 286 g/mol. The predicted molar refractivity (Wildman–Crippen MR) is 81.9 cm³/mol. The fraction of sp³-hybridized carbons (Fsp3) is 0.467. The standard InChI is InChI=1S/C15H21N3O4/c1-11(14(19)18-7-9-21-10-8-18)22-13-5-3-12(4-6-13)17(2)15(16)20/h3-6,11H,7-10H2,1-2H3,(H2,16,20)/t11-/m0/s1. The number of nitrogens with zero attached hydrogens (tertiary/aromatic N) is 2. The summed E-state index contributed by atoms with van der Waals surface area (Å²) >= 11 is 0. The van der Waals surface area contributed by atoms with Crippen molar-refractivity contribution in [2.45, 2.75) is 13.0 Å². The highest BCUT2D eigenvalue weighted by molar-refractivity contribution is 5.90. The average Bonchev–Trinajstić information content (AvgIpc) is 2.54. The van der Waals surface area contributed by atoms with Crippen LogP contribution < -0.4 is 15.4 Å². The molecule has 0 saturated carbocycles. The van der Waals surface area contributed by atoms with E-state index in [1.165, 1.54) is 4.90 Å². The number of primary amides is 1. The van der Waals surface area contributed by atoms with Crippen molar-refractivity contribution in [2.75, 3.05) is 38.3 Å². The van der Waals surface area contributed by atoms with Crippen molar-refractivity contribution in [3.8, 4) is 5.75 Å². The lowest BCUT2D eigenvalue weighted by molar-refractivity contribution is -0.142. The van der Waals surface area contributed by atoms with Crippen LogP contribution in [0.15, 0.2) is 24.3 Å².